The number of hydrogen-bond donors (Lipinski definition) is 1. The van der Waals surface area contributed by atoms with Crippen LogP contribution in [-0.4, -0.2) is 41.2 Å². The van der Waals surface area contributed by atoms with Gasteiger partial charge in [0.05, 0.1) is 38.6 Å². The summed E-state index contributed by atoms with van der Waals surface area (Å²) in [6.07, 6.45) is 0.233. The van der Waals surface area contributed by atoms with Crippen molar-refractivity contribution in [3.8, 4) is 17.2 Å². The molecule has 0 saturated heterocycles. The van der Waals surface area contributed by atoms with E-state index in [1.165, 1.54) is 14.2 Å². The SMILES string of the molecule is COc1cccc(CC2=C(c3ccc4nsnc4c3)C(=O)OC2(O)c2ccc(OC)c(OC)c2)c1. The molecule has 0 saturated carbocycles. The van der Waals surface area contributed by atoms with Crippen molar-refractivity contribution in [2.45, 2.75) is 12.2 Å². The van der Waals surface area contributed by atoms with E-state index >= 15 is 0 Å². The topological polar surface area (TPSA) is 100 Å². The van der Waals surface area contributed by atoms with Gasteiger partial charge in [-0.2, -0.15) is 8.75 Å². The maximum Gasteiger partial charge on any atom is 0.342 e. The number of hydrogen-bond acceptors (Lipinski definition) is 9. The highest BCUT2D eigenvalue weighted by molar-refractivity contribution is 7.00. The Morgan fingerprint density at radius 1 is 0.914 bits per heavy atom. The lowest BCUT2D eigenvalue weighted by molar-refractivity contribution is -0.185. The predicted molar refractivity (Wildman–Crippen MR) is 131 cm³/mol. The maximum atomic E-state index is 13.3. The van der Waals surface area contributed by atoms with Gasteiger partial charge in [0, 0.05) is 17.6 Å². The van der Waals surface area contributed by atoms with Crippen LogP contribution in [0.3, 0.4) is 0 Å². The number of carbonyl (C=O) groups is 1. The quantitative estimate of drug-likeness (QED) is 0.386. The number of cyclic esters (lactones) is 1. The molecule has 0 aliphatic carbocycles. The molecule has 1 atom stereocenters. The lowest BCUT2D eigenvalue weighted by atomic mass is 9.88. The molecule has 178 valence electrons. The molecule has 0 bridgehead atoms. The fourth-order valence-electron chi connectivity index (χ4n) is 4.24. The number of esters is 1. The predicted octanol–water partition coefficient (Wildman–Crippen LogP) is 4.12. The van der Waals surface area contributed by atoms with Gasteiger partial charge in [0.15, 0.2) is 11.5 Å². The van der Waals surface area contributed by atoms with Crippen LogP contribution in [0.5, 0.6) is 17.2 Å². The Bertz CT molecular complexity index is 1460. The van der Waals surface area contributed by atoms with Crippen molar-refractivity contribution in [2.24, 2.45) is 0 Å². The number of benzene rings is 3. The second kappa shape index (κ2) is 9.01. The minimum Gasteiger partial charge on any atom is -0.497 e. The minimum atomic E-state index is -2.02. The fraction of sp³-hybridized carbons (Fsp3) is 0.192. The van der Waals surface area contributed by atoms with Gasteiger partial charge in [-0.1, -0.05) is 18.2 Å². The van der Waals surface area contributed by atoms with Gasteiger partial charge in [0.2, 0.25) is 0 Å². The average molecular weight is 491 g/mol. The zero-order valence-electron chi connectivity index (χ0n) is 19.3. The van der Waals surface area contributed by atoms with Gasteiger partial charge >= 0.3 is 5.97 Å². The van der Waals surface area contributed by atoms with Crippen LogP contribution in [0, 0.1) is 0 Å². The van der Waals surface area contributed by atoms with E-state index < -0.39 is 11.8 Å². The number of nitrogens with zero attached hydrogens (tertiary/aromatic N) is 2. The summed E-state index contributed by atoms with van der Waals surface area (Å²) in [5.41, 5.74) is 3.83. The third-order valence-corrected chi connectivity index (χ3v) is 6.54. The second-order valence-electron chi connectivity index (χ2n) is 7.95. The van der Waals surface area contributed by atoms with Crippen LogP contribution >= 0.6 is 11.7 Å². The molecule has 1 N–H and O–H groups in total. The summed E-state index contributed by atoms with van der Waals surface area (Å²) >= 11 is 1.10. The third-order valence-electron chi connectivity index (χ3n) is 5.99. The first-order valence-electron chi connectivity index (χ1n) is 10.7. The first kappa shape index (κ1) is 22.8. The first-order valence-corrected chi connectivity index (χ1v) is 11.5. The lowest BCUT2D eigenvalue weighted by Gasteiger charge is -2.26. The Balaban J connectivity index is 1.71. The highest BCUT2D eigenvalue weighted by Crippen LogP contribution is 2.46. The molecule has 1 aliphatic heterocycles. The molecule has 1 aliphatic rings. The fourth-order valence-corrected chi connectivity index (χ4v) is 4.76. The Morgan fingerprint density at radius 2 is 1.71 bits per heavy atom. The third kappa shape index (κ3) is 3.98. The maximum absolute atomic E-state index is 13.3. The van der Waals surface area contributed by atoms with Gasteiger partial charge in [-0.25, -0.2) is 4.79 Å². The number of aromatic nitrogens is 2. The van der Waals surface area contributed by atoms with Crippen molar-refractivity contribution in [1.29, 1.82) is 0 Å². The van der Waals surface area contributed by atoms with Crippen molar-refractivity contribution in [2.75, 3.05) is 21.3 Å². The van der Waals surface area contributed by atoms with E-state index in [0.29, 0.717) is 39.5 Å². The lowest BCUT2D eigenvalue weighted by Crippen LogP contribution is -2.29. The van der Waals surface area contributed by atoms with Crippen molar-refractivity contribution < 1.29 is 28.8 Å². The van der Waals surface area contributed by atoms with E-state index in [1.54, 1.807) is 43.5 Å². The van der Waals surface area contributed by atoms with E-state index in [4.69, 9.17) is 18.9 Å². The Morgan fingerprint density at radius 3 is 2.49 bits per heavy atom. The molecule has 0 fully saturated rings. The standard InChI is InChI=1S/C26H22N2O6S/c1-31-18-6-4-5-15(11-18)12-19-24(16-7-9-20-21(13-16)28-35-27-20)25(29)34-26(19,30)17-8-10-22(32-2)23(14-17)33-3/h4-11,13-14,30H,12H2,1-3H3. The molecular formula is C26H22N2O6S. The summed E-state index contributed by atoms with van der Waals surface area (Å²) in [7, 11) is 4.61. The van der Waals surface area contributed by atoms with E-state index in [-0.39, 0.29) is 12.0 Å². The van der Waals surface area contributed by atoms with Crippen molar-refractivity contribution in [1.82, 2.24) is 8.75 Å². The minimum absolute atomic E-state index is 0.233. The largest absolute Gasteiger partial charge is 0.497 e. The normalized spacial score (nSPS) is 17.5. The van der Waals surface area contributed by atoms with Crippen molar-refractivity contribution in [3.63, 3.8) is 0 Å². The number of aliphatic hydroxyl groups is 1. The summed E-state index contributed by atoms with van der Waals surface area (Å²) < 4.78 is 30.3. The van der Waals surface area contributed by atoms with Gasteiger partial charge in [-0.3, -0.25) is 0 Å². The van der Waals surface area contributed by atoms with Gasteiger partial charge in [0.1, 0.15) is 16.8 Å². The van der Waals surface area contributed by atoms with Crippen molar-refractivity contribution >= 4 is 34.3 Å². The molecule has 8 nitrogen and oxygen atoms in total. The van der Waals surface area contributed by atoms with Gasteiger partial charge in [-0.05, 0) is 53.6 Å². The smallest absolute Gasteiger partial charge is 0.342 e. The van der Waals surface area contributed by atoms with Gasteiger partial charge in [-0.15, -0.1) is 0 Å². The number of methoxy groups -OCH3 is 3. The summed E-state index contributed by atoms with van der Waals surface area (Å²) in [5.74, 6) is -1.10. The van der Waals surface area contributed by atoms with E-state index in [9.17, 15) is 9.90 Å². The average Bonchev–Trinajstić information content (AvgIpc) is 3.45. The van der Waals surface area contributed by atoms with Gasteiger partial charge in [0.25, 0.3) is 5.79 Å². The summed E-state index contributed by atoms with van der Waals surface area (Å²) in [6, 6.07) is 17.7. The van der Waals surface area contributed by atoms with E-state index in [1.807, 2.05) is 24.3 Å². The zero-order chi connectivity index (χ0) is 24.6. The van der Waals surface area contributed by atoms with Crippen LogP contribution in [0.2, 0.25) is 0 Å². The second-order valence-corrected chi connectivity index (χ2v) is 8.48. The first-order chi connectivity index (χ1) is 17.0. The number of fused-ring (bicyclic) bond motifs is 1. The molecule has 0 amide bonds. The van der Waals surface area contributed by atoms with Crippen LogP contribution in [0.15, 0.2) is 66.2 Å². The molecule has 0 radical (unpaired) electrons. The highest BCUT2D eigenvalue weighted by atomic mass is 32.1. The Hall–Kier alpha value is -3.95. The molecule has 1 aromatic heterocycles. The zero-order valence-corrected chi connectivity index (χ0v) is 20.1. The van der Waals surface area contributed by atoms with Crippen molar-refractivity contribution in [3.05, 3.63) is 82.9 Å². The van der Waals surface area contributed by atoms with Crippen LogP contribution in [0.1, 0.15) is 16.7 Å². The van der Waals surface area contributed by atoms with E-state index in [2.05, 4.69) is 8.75 Å². The summed E-state index contributed by atoms with van der Waals surface area (Å²) in [6.45, 7) is 0. The van der Waals surface area contributed by atoms with Crippen LogP contribution in [0.4, 0.5) is 0 Å². The molecule has 2 heterocycles. The molecule has 9 heteroatoms. The van der Waals surface area contributed by atoms with Crippen LogP contribution in [0.25, 0.3) is 16.6 Å². The van der Waals surface area contributed by atoms with Gasteiger partial charge < -0.3 is 24.1 Å². The number of ether oxygens (including phenoxy) is 4. The molecule has 3 aromatic carbocycles. The Labute approximate surface area is 205 Å². The molecule has 35 heavy (non-hydrogen) atoms. The Kier molecular flexibility index (Phi) is 5.88. The molecule has 4 aromatic rings. The summed E-state index contributed by atoms with van der Waals surface area (Å²) in [5, 5.41) is 11.9. The number of carbonyl (C=O) groups excluding carboxylic acids is 1. The monoisotopic (exact) mass is 490 g/mol. The van der Waals surface area contributed by atoms with Crippen LogP contribution < -0.4 is 14.2 Å². The highest BCUT2D eigenvalue weighted by Gasteiger charge is 2.48. The van der Waals surface area contributed by atoms with E-state index in [0.717, 1.165) is 22.8 Å². The molecule has 1 unspecified atom stereocenters. The molecule has 5 rings (SSSR count). The van der Waals surface area contributed by atoms with Crippen LogP contribution in [-0.2, 0) is 21.7 Å². The number of rotatable bonds is 7. The molecule has 0 spiro atoms. The summed E-state index contributed by atoms with van der Waals surface area (Å²) in [4.78, 5) is 13.3. The molecular weight excluding hydrogens is 468 g/mol.